The number of allylic oxidation sites excluding steroid dienone is 2. The minimum atomic E-state index is -0.270. The lowest BCUT2D eigenvalue weighted by molar-refractivity contribution is 0.128. The molecule has 0 aromatic carbocycles. The lowest BCUT2D eigenvalue weighted by Gasteiger charge is -2.42. The molecule has 0 amide bonds. The number of rotatable bonds is 7. The highest BCUT2D eigenvalue weighted by atomic mass is 79.9. The predicted octanol–water partition coefficient (Wildman–Crippen LogP) is 7.79. The second-order valence-electron chi connectivity index (χ2n) is 8.01. The van der Waals surface area contributed by atoms with Gasteiger partial charge in [0.05, 0.1) is 6.10 Å². The van der Waals surface area contributed by atoms with Crippen LogP contribution in [0, 0.1) is 17.3 Å². The van der Waals surface area contributed by atoms with Crippen LogP contribution in [0.2, 0.25) is 0 Å². The van der Waals surface area contributed by atoms with Crippen LogP contribution >= 0.6 is 15.9 Å². The summed E-state index contributed by atoms with van der Waals surface area (Å²) in [7, 11) is 0. The first-order valence-corrected chi connectivity index (χ1v) is 11.6. The summed E-state index contributed by atoms with van der Waals surface area (Å²) in [4.78, 5) is 2.22. The Morgan fingerprint density at radius 2 is 2.08 bits per heavy atom. The average Bonchev–Trinajstić information content (AvgIpc) is 2.95. The van der Waals surface area contributed by atoms with Gasteiger partial charge in [-0.15, -0.1) is 0 Å². The van der Waals surface area contributed by atoms with Crippen molar-refractivity contribution in [3.63, 3.8) is 0 Å². The summed E-state index contributed by atoms with van der Waals surface area (Å²) in [6.45, 7) is 10.6. The lowest BCUT2D eigenvalue weighted by atomic mass is 9.63. The van der Waals surface area contributed by atoms with Crippen molar-refractivity contribution in [2.75, 3.05) is 0 Å². The largest absolute Gasteiger partial charge is 0.389 e. The van der Waals surface area contributed by atoms with E-state index in [4.69, 9.17) is 0 Å². The molecule has 2 aliphatic rings. The second-order valence-corrected chi connectivity index (χ2v) is 8.46. The van der Waals surface area contributed by atoms with E-state index in [1.165, 1.54) is 50.5 Å². The maximum absolute atomic E-state index is 9.83. The van der Waals surface area contributed by atoms with Crippen molar-refractivity contribution in [1.29, 1.82) is 0 Å². The Morgan fingerprint density at radius 3 is 2.68 bits per heavy atom. The van der Waals surface area contributed by atoms with Crippen molar-refractivity contribution in [3.8, 4) is 0 Å². The first kappa shape index (κ1) is 23.0. The monoisotopic (exact) mass is 412 g/mol. The minimum absolute atomic E-state index is 0.270. The molecule has 4 unspecified atom stereocenters. The molecular formula is C23H41BrO. The van der Waals surface area contributed by atoms with Gasteiger partial charge < -0.3 is 5.11 Å². The normalized spacial score (nSPS) is 32.1. The topological polar surface area (TPSA) is 20.2 Å². The maximum atomic E-state index is 9.83. The van der Waals surface area contributed by atoms with E-state index >= 15 is 0 Å². The molecule has 0 saturated heterocycles. The van der Waals surface area contributed by atoms with Gasteiger partial charge >= 0.3 is 0 Å². The van der Waals surface area contributed by atoms with Gasteiger partial charge in [-0.2, -0.15) is 0 Å². The Morgan fingerprint density at radius 1 is 1.36 bits per heavy atom. The van der Waals surface area contributed by atoms with Crippen LogP contribution in [0.25, 0.3) is 0 Å². The zero-order valence-corrected chi connectivity index (χ0v) is 18.9. The zero-order valence-electron chi connectivity index (χ0n) is 17.3. The minimum Gasteiger partial charge on any atom is -0.389 e. The number of aliphatic hydroxyl groups is 1. The van der Waals surface area contributed by atoms with Gasteiger partial charge in [-0.1, -0.05) is 61.7 Å². The first-order valence-electron chi connectivity index (χ1n) is 10.7. The lowest BCUT2D eigenvalue weighted by Crippen LogP contribution is -2.33. The summed E-state index contributed by atoms with van der Waals surface area (Å²) < 4.78 is 0. The Balaban J connectivity index is 0.00000151. The van der Waals surface area contributed by atoms with E-state index in [2.05, 4.69) is 40.8 Å². The first-order chi connectivity index (χ1) is 12.0. The Kier molecular flexibility index (Phi) is 10.6. The molecule has 146 valence electrons. The molecule has 2 fully saturated rings. The van der Waals surface area contributed by atoms with Crippen LogP contribution in [0.15, 0.2) is 22.2 Å². The van der Waals surface area contributed by atoms with Gasteiger partial charge in [-0.05, 0) is 92.5 Å². The van der Waals surface area contributed by atoms with E-state index in [9.17, 15) is 5.11 Å². The van der Waals surface area contributed by atoms with E-state index in [0.717, 1.165) is 31.1 Å². The number of hydrogen-bond acceptors (Lipinski definition) is 1. The molecule has 0 aliphatic heterocycles. The van der Waals surface area contributed by atoms with Gasteiger partial charge in [-0.3, -0.25) is 0 Å². The molecule has 2 heteroatoms. The second kappa shape index (κ2) is 11.6. The molecule has 4 atom stereocenters. The molecule has 0 radical (unpaired) electrons. The molecule has 2 aliphatic carbocycles. The maximum Gasteiger partial charge on any atom is 0.0721 e. The summed E-state index contributed by atoms with van der Waals surface area (Å²) >= 11 is 3.61. The van der Waals surface area contributed by atoms with Gasteiger partial charge in [0, 0.05) is 0 Å². The molecule has 0 heterocycles. The Hall–Kier alpha value is -0.0800. The van der Waals surface area contributed by atoms with Crippen molar-refractivity contribution in [1.82, 2.24) is 0 Å². The third kappa shape index (κ3) is 5.96. The summed E-state index contributed by atoms with van der Waals surface area (Å²) in [6, 6.07) is 0. The van der Waals surface area contributed by atoms with Crippen molar-refractivity contribution < 1.29 is 5.11 Å². The third-order valence-electron chi connectivity index (χ3n) is 6.54. The van der Waals surface area contributed by atoms with Gasteiger partial charge in [0.25, 0.3) is 0 Å². The van der Waals surface area contributed by atoms with Crippen LogP contribution in [0.3, 0.4) is 0 Å². The van der Waals surface area contributed by atoms with Crippen LogP contribution in [-0.2, 0) is 0 Å². The molecule has 2 rings (SSSR count). The Labute approximate surface area is 165 Å². The van der Waals surface area contributed by atoms with Crippen molar-refractivity contribution in [2.45, 2.75) is 105 Å². The molecule has 0 aromatic heterocycles. The molecule has 25 heavy (non-hydrogen) atoms. The molecular weight excluding hydrogens is 372 g/mol. The number of hydrogen-bond donors (Lipinski definition) is 1. The number of unbranched alkanes of at least 4 members (excludes halogenated alkanes) is 1. The Bertz CT molecular complexity index is 437. The van der Waals surface area contributed by atoms with Gasteiger partial charge in [0.1, 0.15) is 0 Å². The van der Waals surface area contributed by atoms with E-state index < -0.39 is 0 Å². The molecule has 1 nitrogen and oxygen atoms in total. The number of aliphatic hydroxyl groups excluding tert-OH is 1. The summed E-state index contributed by atoms with van der Waals surface area (Å²) in [5, 5.41) is 9.83. The smallest absolute Gasteiger partial charge is 0.0721 e. The standard InChI is InChI=1S/C21H35BrO.C2H6/c1-4-8-17(16(2)23)9-5-6-11-19-12-13-20-18(15-22)10-7-14-21(19,20)3;1-2/h9,15-16,19-20,23H,4-8,10-14H2,1-3H3;1-2H3/b17-9+,18-15+;. The fraction of sp³-hybridized carbons (Fsp3) is 0.826. The predicted molar refractivity (Wildman–Crippen MR) is 115 cm³/mol. The van der Waals surface area contributed by atoms with E-state index in [1.807, 2.05) is 20.8 Å². The SMILES string of the molecule is CC.CCC/C(=C\CCCC1CCC2/C(=C/Br)CCCC12C)C(C)O. The quantitative estimate of drug-likeness (QED) is 0.334. The number of halogens is 1. The molecule has 0 aromatic rings. The van der Waals surface area contributed by atoms with Gasteiger partial charge in [0.15, 0.2) is 0 Å². The van der Waals surface area contributed by atoms with Crippen molar-refractivity contribution in [3.05, 3.63) is 22.2 Å². The highest BCUT2D eigenvalue weighted by Gasteiger charge is 2.48. The molecule has 0 bridgehead atoms. The number of fused-ring (bicyclic) bond motifs is 1. The van der Waals surface area contributed by atoms with Crippen LogP contribution in [0.5, 0.6) is 0 Å². The van der Waals surface area contributed by atoms with Gasteiger partial charge in [-0.25, -0.2) is 0 Å². The fourth-order valence-corrected chi connectivity index (χ4v) is 5.72. The fourth-order valence-electron chi connectivity index (χ4n) is 5.17. The summed E-state index contributed by atoms with van der Waals surface area (Å²) in [5.41, 5.74) is 3.45. The average molecular weight is 413 g/mol. The molecule has 2 saturated carbocycles. The van der Waals surface area contributed by atoms with Crippen molar-refractivity contribution >= 4 is 15.9 Å². The highest BCUT2D eigenvalue weighted by molar-refractivity contribution is 9.11. The molecule has 1 N–H and O–H groups in total. The van der Waals surface area contributed by atoms with Crippen molar-refractivity contribution in [2.24, 2.45) is 17.3 Å². The van der Waals surface area contributed by atoms with E-state index in [0.29, 0.717) is 5.41 Å². The third-order valence-corrected chi connectivity index (χ3v) is 7.13. The van der Waals surface area contributed by atoms with Gasteiger partial charge in [0.2, 0.25) is 0 Å². The van der Waals surface area contributed by atoms with E-state index in [-0.39, 0.29) is 6.10 Å². The summed E-state index contributed by atoms with van der Waals surface area (Å²) in [5.74, 6) is 1.72. The van der Waals surface area contributed by atoms with Crippen LogP contribution in [0.1, 0.15) is 98.8 Å². The zero-order chi connectivity index (χ0) is 18.9. The summed E-state index contributed by atoms with van der Waals surface area (Å²) in [6.07, 6.45) is 14.9. The van der Waals surface area contributed by atoms with Crippen LogP contribution < -0.4 is 0 Å². The van der Waals surface area contributed by atoms with E-state index in [1.54, 1.807) is 5.57 Å². The van der Waals surface area contributed by atoms with Crippen LogP contribution in [-0.4, -0.2) is 11.2 Å². The molecule has 0 spiro atoms. The highest BCUT2D eigenvalue weighted by Crippen LogP contribution is 2.58. The van der Waals surface area contributed by atoms with Crippen LogP contribution in [0.4, 0.5) is 0 Å².